The number of halogens is 1. The van der Waals surface area contributed by atoms with Crippen molar-refractivity contribution < 1.29 is 14.3 Å². The molecule has 2 aromatic carbocycles. The van der Waals surface area contributed by atoms with Crippen LogP contribution in [0.15, 0.2) is 52.3 Å². The van der Waals surface area contributed by atoms with Crippen LogP contribution in [0.3, 0.4) is 0 Å². The maximum Gasteiger partial charge on any atom is 0.264 e. The Kier molecular flexibility index (Phi) is 5.90. The van der Waals surface area contributed by atoms with Gasteiger partial charge in [0.2, 0.25) is 0 Å². The zero-order valence-electron chi connectivity index (χ0n) is 14.3. The van der Waals surface area contributed by atoms with Crippen molar-refractivity contribution in [3.63, 3.8) is 0 Å². The number of nitrogens with zero attached hydrogens (tertiary/aromatic N) is 1. The predicted octanol–water partition coefficient (Wildman–Crippen LogP) is 4.91. The van der Waals surface area contributed by atoms with E-state index in [1.54, 1.807) is 7.11 Å². The van der Waals surface area contributed by atoms with Gasteiger partial charge in [0.25, 0.3) is 5.91 Å². The summed E-state index contributed by atoms with van der Waals surface area (Å²) >= 11 is 4.80. The molecule has 134 valence electrons. The molecule has 3 rings (SSSR count). The van der Waals surface area contributed by atoms with Crippen LogP contribution in [0.1, 0.15) is 5.56 Å². The van der Waals surface area contributed by atoms with Gasteiger partial charge in [0.1, 0.15) is 11.5 Å². The number of nitrogens with one attached hydrogen (secondary N) is 1. The highest BCUT2D eigenvalue weighted by molar-refractivity contribution is 9.10. The van der Waals surface area contributed by atoms with Gasteiger partial charge in [-0.2, -0.15) is 0 Å². The van der Waals surface area contributed by atoms with Gasteiger partial charge in [-0.1, -0.05) is 28.1 Å². The summed E-state index contributed by atoms with van der Waals surface area (Å²) in [5, 5.41) is 5.18. The molecule has 0 radical (unpaired) electrons. The van der Waals surface area contributed by atoms with Crippen LogP contribution in [0.25, 0.3) is 11.3 Å². The van der Waals surface area contributed by atoms with Crippen LogP contribution >= 0.6 is 27.3 Å². The molecule has 0 aliphatic rings. The first-order valence-corrected chi connectivity index (χ1v) is 9.51. The van der Waals surface area contributed by atoms with E-state index >= 15 is 0 Å². The molecule has 0 spiro atoms. The minimum atomic E-state index is -0.253. The maximum absolute atomic E-state index is 12.1. The number of thiazole rings is 1. The van der Waals surface area contributed by atoms with E-state index in [4.69, 9.17) is 9.47 Å². The third-order valence-corrected chi connectivity index (χ3v) is 5.26. The number of anilines is 1. The molecule has 7 heteroatoms. The van der Waals surface area contributed by atoms with E-state index in [0.717, 1.165) is 27.0 Å². The van der Waals surface area contributed by atoms with Crippen LogP contribution in [0, 0.1) is 6.92 Å². The molecular weight excluding hydrogens is 416 g/mol. The molecule has 0 atom stereocenters. The molecule has 0 aliphatic carbocycles. The Morgan fingerprint density at radius 3 is 2.85 bits per heavy atom. The molecule has 1 aromatic heterocycles. The first-order valence-electron chi connectivity index (χ1n) is 7.84. The van der Waals surface area contributed by atoms with Gasteiger partial charge in [0, 0.05) is 15.4 Å². The lowest BCUT2D eigenvalue weighted by Gasteiger charge is -2.07. The van der Waals surface area contributed by atoms with Crippen LogP contribution < -0.4 is 14.8 Å². The van der Waals surface area contributed by atoms with Crippen LogP contribution in [0.2, 0.25) is 0 Å². The zero-order chi connectivity index (χ0) is 18.5. The van der Waals surface area contributed by atoms with Gasteiger partial charge in [-0.3, -0.25) is 10.1 Å². The Labute approximate surface area is 164 Å². The molecule has 0 fully saturated rings. The molecule has 1 amide bonds. The molecule has 0 saturated heterocycles. The van der Waals surface area contributed by atoms with Gasteiger partial charge >= 0.3 is 0 Å². The molecule has 1 heterocycles. The lowest BCUT2D eigenvalue weighted by Crippen LogP contribution is -2.20. The summed E-state index contributed by atoms with van der Waals surface area (Å²) in [6.07, 6.45) is 0. The fraction of sp³-hybridized carbons (Fsp3) is 0.158. The average molecular weight is 433 g/mol. The van der Waals surface area contributed by atoms with E-state index in [2.05, 4.69) is 26.2 Å². The van der Waals surface area contributed by atoms with E-state index in [-0.39, 0.29) is 12.5 Å². The number of hydrogen-bond acceptors (Lipinski definition) is 5. The Hall–Kier alpha value is -2.38. The Balaban J connectivity index is 1.59. The number of carbonyl (C=O) groups excluding carboxylic acids is 1. The fourth-order valence-corrected chi connectivity index (χ4v) is 3.24. The number of aryl methyl sites for hydroxylation is 1. The van der Waals surface area contributed by atoms with E-state index in [0.29, 0.717) is 10.9 Å². The van der Waals surface area contributed by atoms with Gasteiger partial charge in [0.15, 0.2) is 11.7 Å². The summed E-state index contributed by atoms with van der Waals surface area (Å²) in [4.78, 5) is 16.5. The van der Waals surface area contributed by atoms with Crippen LogP contribution in [-0.4, -0.2) is 24.6 Å². The minimum absolute atomic E-state index is 0.0743. The second-order valence-corrected chi connectivity index (χ2v) is 7.23. The fourth-order valence-electron chi connectivity index (χ4n) is 2.26. The largest absolute Gasteiger partial charge is 0.497 e. The third kappa shape index (κ3) is 4.62. The molecular formula is C19H17BrN2O3S. The van der Waals surface area contributed by atoms with Crippen molar-refractivity contribution in [2.75, 3.05) is 19.0 Å². The van der Waals surface area contributed by atoms with Crippen molar-refractivity contribution in [1.29, 1.82) is 0 Å². The number of hydrogen-bond donors (Lipinski definition) is 1. The first-order chi connectivity index (χ1) is 12.5. The van der Waals surface area contributed by atoms with Crippen molar-refractivity contribution in [2.45, 2.75) is 6.92 Å². The second kappa shape index (κ2) is 8.33. The zero-order valence-corrected chi connectivity index (χ0v) is 16.7. The molecule has 5 nitrogen and oxygen atoms in total. The normalized spacial score (nSPS) is 10.4. The highest BCUT2D eigenvalue weighted by Gasteiger charge is 2.10. The molecule has 0 unspecified atom stereocenters. The van der Waals surface area contributed by atoms with Gasteiger partial charge in [-0.25, -0.2) is 4.98 Å². The van der Waals surface area contributed by atoms with E-state index in [9.17, 15) is 4.79 Å². The van der Waals surface area contributed by atoms with Crippen molar-refractivity contribution in [3.8, 4) is 22.8 Å². The van der Waals surface area contributed by atoms with Gasteiger partial charge in [-0.05, 0) is 42.8 Å². The topological polar surface area (TPSA) is 60.5 Å². The second-order valence-electron chi connectivity index (χ2n) is 5.52. The summed E-state index contributed by atoms with van der Waals surface area (Å²) in [6, 6.07) is 13.2. The number of aromatic nitrogens is 1. The van der Waals surface area contributed by atoms with Crippen molar-refractivity contribution in [3.05, 3.63) is 57.9 Å². The van der Waals surface area contributed by atoms with Crippen molar-refractivity contribution >= 4 is 38.3 Å². The standard InChI is InChI=1S/C19H17BrN2O3S/c1-12-8-15(6-7-16(12)20)25-10-18(23)22-19-21-17(11-26-19)13-4-3-5-14(9-13)24-2/h3-9,11H,10H2,1-2H3,(H,21,22,23). The number of benzene rings is 2. The minimum Gasteiger partial charge on any atom is -0.497 e. The Morgan fingerprint density at radius 1 is 1.23 bits per heavy atom. The predicted molar refractivity (Wildman–Crippen MR) is 107 cm³/mol. The maximum atomic E-state index is 12.1. The number of amides is 1. The van der Waals surface area contributed by atoms with Crippen LogP contribution in [0.4, 0.5) is 5.13 Å². The van der Waals surface area contributed by atoms with Gasteiger partial charge in [0.05, 0.1) is 12.8 Å². The SMILES string of the molecule is COc1cccc(-c2csc(NC(=O)COc3ccc(Br)c(C)c3)n2)c1. The van der Waals surface area contributed by atoms with Gasteiger partial charge < -0.3 is 9.47 Å². The molecule has 0 bridgehead atoms. The lowest BCUT2D eigenvalue weighted by molar-refractivity contribution is -0.118. The number of carbonyl (C=O) groups is 1. The average Bonchev–Trinajstić information content (AvgIpc) is 3.11. The third-order valence-electron chi connectivity index (χ3n) is 3.62. The molecule has 26 heavy (non-hydrogen) atoms. The monoisotopic (exact) mass is 432 g/mol. The van der Waals surface area contributed by atoms with E-state index in [1.165, 1.54) is 11.3 Å². The van der Waals surface area contributed by atoms with E-state index in [1.807, 2.05) is 54.8 Å². The lowest BCUT2D eigenvalue weighted by atomic mass is 10.2. The van der Waals surface area contributed by atoms with Crippen molar-refractivity contribution in [1.82, 2.24) is 4.98 Å². The van der Waals surface area contributed by atoms with Gasteiger partial charge in [-0.15, -0.1) is 11.3 Å². The molecule has 0 aliphatic heterocycles. The Morgan fingerprint density at radius 2 is 2.08 bits per heavy atom. The quantitative estimate of drug-likeness (QED) is 0.601. The molecule has 3 aromatic rings. The molecule has 0 saturated carbocycles. The summed E-state index contributed by atoms with van der Waals surface area (Å²) in [7, 11) is 1.62. The summed E-state index contributed by atoms with van der Waals surface area (Å²) < 4.78 is 11.8. The van der Waals surface area contributed by atoms with Crippen LogP contribution in [-0.2, 0) is 4.79 Å². The highest BCUT2D eigenvalue weighted by atomic mass is 79.9. The first kappa shape index (κ1) is 18.4. The summed E-state index contributed by atoms with van der Waals surface area (Å²) in [6.45, 7) is 1.89. The smallest absolute Gasteiger partial charge is 0.264 e. The number of ether oxygens (including phenoxy) is 2. The Bertz CT molecular complexity index is 927. The summed E-state index contributed by atoms with van der Waals surface area (Å²) in [5.41, 5.74) is 2.77. The number of rotatable bonds is 6. The van der Waals surface area contributed by atoms with Crippen LogP contribution in [0.5, 0.6) is 11.5 Å². The molecule has 1 N–H and O–H groups in total. The highest BCUT2D eigenvalue weighted by Crippen LogP contribution is 2.27. The van der Waals surface area contributed by atoms with E-state index < -0.39 is 0 Å². The number of methoxy groups -OCH3 is 1. The van der Waals surface area contributed by atoms with Crippen molar-refractivity contribution in [2.24, 2.45) is 0 Å². The summed E-state index contributed by atoms with van der Waals surface area (Å²) in [5.74, 6) is 1.16.